The zero-order valence-electron chi connectivity index (χ0n) is 11.3. The number of ether oxygens (including phenoxy) is 1. The minimum Gasteiger partial charge on any atom is -0.359 e. The molecule has 2 rings (SSSR count). The monoisotopic (exact) mass is 311 g/mol. The van der Waals surface area contributed by atoms with E-state index in [1.54, 1.807) is 30.3 Å². The lowest BCUT2D eigenvalue weighted by atomic mass is 10.1. The molecule has 0 aliphatic rings. The van der Waals surface area contributed by atoms with E-state index in [2.05, 4.69) is 0 Å². The number of hydrogen-bond acceptors (Lipinski definition) is 3. The number of para-hydroxylation sites is 1. The molecule has 1 atom stereocenters. The number of hydrogen-bond donors (Lipinski definition) is 0. The standard InChI is InChI=1S/C15H12F3NO3/c16-15(17,18)14(22-10-11-6-2-1-3-7-11)12-8-4-5-9-13(12)19(20)21/h1-9,14H,10H2. The normalized spacial score (nSPS) is 12.9. The van der Waals surface area contributed by atoms with Crippen molar-refractivity contribution in [2.45, 2.75) is 18.9 Å². The van der Waals surface area contributed by atoms with Gasteiger partial charge in [-0.1, -0.05) is 42.5 Å². The van der Waals surface area contributed by atoms with E-state index in [4.69, 9.17) is 4.74 Å². The molecule has 0 bridgehead atoms. The Kier molecular flexibility index (Phi) is 4.77. The van der Waals surface area contributed by atoms with Crippen molar-refractivity contribution >= 4 is 5.69 Å². The second-order valence-corrected chi connectivity index (χ2v) is 4.53. The minimum absolute atomic E-state index is 0.295. The average molecular weight is 311 g/mol. The van der Waals surface area contributed by atoms with Crippen molar-refractivity contribution in [1.29, 1.82) is 0 Å². The molecule has 0 radical (unpaired) electrons. The molecule has 0 aromatic heterocycles. The molecule has 4 nitrogen and oxygen atoms in total. The molecule has 2 aromatic carbocycles. The quantitative estimate of drug-likeness (QED) is 0.607. The number of benzene rings is 2. The Bertz CT molecular complexity index is 644. The van der Waals surface area contributed by atoms with Crippen LogP contribution in [0, 0.1) is 10.1 Å². The van der Waals surface area contributed by atoms with Crippen LogP contribution < -0.4 is 0 Å². The molecule has 0 saturated heterocycles. The SMILES string of the molecule is O=[N+]([O-])c1ccccc1C(OCc1ccccc1)C(F)(F)F. The van der Waals surface area contributed by atoms with Gasteiger partial charge < -0.3 is 4.74 Å². The zero-order chi connectivity index (χ0) is 16.2. The lowest BCUT2D eigenvalue weighted by molar-refractivity contribution is -0.387. The molecular weight excluding hydrogens is 299 g/mol. The molecular formula is C15H12F3NO3. The van der Waals surface area contributed by atoms with Crippen LogP contribution in [-0.2, 0) is 11.3 Å². The Morgan fingerprint density at radius 2 is 1.64 bits per heavy atom. The van der Waals surface area contributed by atoms with Crippen LogP contribution in [0.3, 0.4) is 0 Å². The molecule has 0 heterocycles. The first kappa shape index (κ1) is 16.0. The van der Waals surface area contributed by atoms with Gasteiger partial charge in [0, 0.05) is 6.07 Å². The Balaban J connectivity index is 2.30. The highest BCUT2D eigenvalue weighted by Crippen LogP contribution is 2.40. The van der Waals surface area contributed by atoms with Crippen LogP contribution in [0.4, 0.5) is 18.9 Å². The van der Waals surface area contributed by atoms with Gasteiger partial charge in [0.1, 0.15) is 0 Å². The maximum Gasteiger partial charge on any atom is 0.419 e. The third-order valence-electron chi connectivity index (χ3n) is 2.97. The van der Waals surface area contributed by atoms with Gasteiger partial charge in [-0.15, -0.1) is 0 Å². The fourth-order valence-corrected chi connectivity index (χ4v) is 1.99. The maximum atomic E-state index is 13.2. The summed E-state index contributed by atoms with van der Waals surface area (Å²) in [5, 5.41) is 10.9. The van der Waals surface area contributed by atoms with Crippen LogP contribution >= 0.6 is 0 Å². The molecule has 1 unspecified atom stereocenters. The van der Waals surface area contributed by atoms with Gasteiger partial charge in [0.05, 0.1) is 17.1 Å². The lowest BCUT2D eigenvalue weighted by Crippen LogP contribution is -2.24. The molecule has 0 amide bonds. The Hall–Kier alpha value is -2.41. The van der Waals surface area contributed by atoms with Crippen LogP contribution in [0.25, 0.3) is 0 Å². The van der Waals surface area contributed by atoms with E-state index in [1.165, 1.54) is 12.1 Å². The Morgan fingerprint density at radius 1 is 1.05 bits per heavy atom. The molecule has 0 saturated carbocycles. The van der Waals surface area contributed by atoms with E-state index < -0.39 is 28.5 Å². The fourth-order valence-electron chi connectivity index (χ4n) is 1.99. The maximum absolute atomic E-state index is 13.2. The van der Waals surface area contributed by atoms with E-state index in [9.17, 15) is 23.3 Å². The van der Waals surface area contributed by atoms with Crippen molar-refractivity contribution < 1.29 is 22.8 Å². The summed E-state index contributed by atoms with van der Waals surface area (Å²) in [6.45, 7) is -0.295. The van der Waals surface area contributed by atoms with E-state index in [1.807, 2.05) is 0 Å². The molecule has 0 N–H and O–H groups in total. The van der Waals surface area contributed by atoms with E-state index in [0.29, 0.717) is 5.56 Å². The number of nitrogens with zero attached hydrogens (tertiary/aromatic N) is 1. The van der Waals surface area contributed by atoms with Gasteiger partial charge in [-0.3, -0.25) is 10.1 Å². The van der Waals surface area contributed by atoms with Crippen LogP contribution in [0.1, 0.15) is 17.2 Å². The second kappa shape index (κ2) is 6.57. The van der Waals surface area contributed by atoms with E-state index in [-0.39, 0.29) is 6.61 Å². The number of nitro benzene ring substituents is 1. The summed E-state index contributed by atoms with van der Waals surface area (Å²) in [5.41, 5.74) is -0.566. The largest absolute Gasteiger partial charge is 0.419 e. The number of nitro groups is 1. The van der Waals surface area contributed by atoms with Crippen LogP contribution in [0.15, 0.2) is 54.6 Å². The molecule has 0 fully saturated rings. The highest BCUT2D eigenvalue weighted by atomic mass is 19.4. The number of alkyl halides is 3. The first-order valence-corrected chi connectivity index (χ1v) is 6.35. The number of rotatable bonds is 5. The number of halogens is 3. The predicted molar refractivity (Wildman–Crippen MR) is 73.1 cm³/mol. The first-order chi connectivity index (χ1) is 10.4. The molecule has 2 aromatic rings. The average Bonchev–Trinajstić information content (AvgIpc) is 2.47. The van der Waals surface area contributed by atoms with Crippen molar-refractivity contribution in [3.63, 3.8) is 0 Å². The molecule has 0 aliphatic heterocycles. The molecule has 0 spiro atoms. The first-order valence-electron chi connectivity index (χ1n) is 6.35. The summed E-state index contributed by atoms with van der Waals surface area (Å²) in [7, 11) is 0. The topological polar surface area (TPSA) is 52.4 Å². The van der Waals surface area contributed by atoms with E-state index in [0.717, 1.165) is 12.1 Å². The van der Waals surface area contributed by atoms with Crippen molar-refractivity contribution in [2.24, 2.45) is 0 Å². The van der Waals surface area contributed by atoms with Crippen LogP contribution in [0.5, 0.6) is 0 Å². The van der Waals surface area contributed by atoms with Crippen LogP contribution in [0.2, 0.25) is 0 Å². The van der Waals surface area contributed by atoms with Crippen LogP contribution in [-0.4, -0.2) is 11.1 Å². The zero-order valence-corrected chi connectivity index (χ0v) is 11.3. The summed E-state index contributed by atoms with van der Waals surface area (Å²) in [4.78, 5) is 10.1. The highest BCUT2D eigenvalue weighted by molar-refractivity contribution is 5.42. The Morgan fingerprint density at radius 3 is 2.23 bits per heavy atom. The third kappa shape index (κ3) is 3.82. The summed E-state index contributed by atoms with van der Waals surface area (Å²) < 4.78 is 44.6. The molecule has 116 valence electrons. The Labute approximate surface area is 124 Å². The van der Waals surface area contributed by atoms with E-state index >= 15 is 0 Å². The lowest BCUT2D eigenvalue weighted by Gasteiger charge is -2.21. The predicted octanol–water partition coefficient (Wildman–Crippen LogP) is 4.42. The second-order valence-electron chi connectivity index (χ2n) is 4.53. The summed E-state index contributed by atoms with van der Waals surface area (Å²) in [5.74, 6) is 0. The van der Waals surface area contributed by atoms with Gasteiger partial charge in [-0.2, -0.15) is 13.2 Å². The van der Waals surface area contributed by atoms with Gasteiger partial charge in [0.15, 0.2) is 6.10 Å². The van der Waals surface area contributed by atoms with Crippen molar-refractivity contribution in [3.05, 3.63) is 75.8 Å². The van der Waals surface area contributed by atoms with Crippen molar-refractivity contribution in [2.75, 3.05) is 0 Å². The summed E-state index contributed by atoms with van der Waals surface area (Å²) >= 11 is 0. The smallest absolute Gasteiger partial charge is 0.359 e. The minimum atomic E-state index is -4.75. The molecule has 22 heavy (non-hydrogen) atoms. The third-order valence-corrected chi connectivity index (χ3v) is 2.97. The summed E-state index contributed by atoms with van der Waals surface area (Å²) in [6, 6.07) is 13.0. The highest BCUT2D eigenvalue weighted by Gasteiger charge is 2.44. The van der Waals surface area contributed by atoms with Gasteiger partial charge >= 0.3 is 6.18 Å². The fraction of sp³-hybridized carbons (Fsp3) is 0.200. The van der Waals surface area contributed by atoms with Gasteiger partial charge in [0.25, 0.3) is 5.69 Å². The summed E-state index contributed by atoms with van der Waals surface area (Å²) in [6.07, 6.45) is -7.10. The molecule has 7 heteroatoms. The van der Waals surface area contributed by atoms with Crippen molar-refractivity contribution in [3.8, 4) is 0 Å². The van der Waals surface area contributed by atoms with Crippen molar-refractivity contribution in [1.82, 2.24) is 0 Å². The van der Waals surface area contributed by atoms with Gasteiger partial charge in [-0.05, 0) is 11.6 Å². The van der Waals surface area contributed by atoms with Gasteiger partial charge in [0.2, 0.25) is 0 Å². The van der Waals surface area contributed by atoms with Gasteiger partial charge in [-0.25, -0.2) is 0 Å². The molecule has 0 aliphatic carbocycles.